The number of carboxylic acids is 1. The zero-order valence-electron chi connectivity index (χ0n) is 8.69. The van der Waals surface area contributed by atoms with Gasteiger partial charge in [0.15, 0.2) is 0 Å². The third kappa shape index (κ3) is 1.78. The molecule has 3 N–H and O–H groups in total. The van der Waals surface area contributed by atoms with Gasteiger partial charge in [0.1, 0.15) is 5.69 Å². The van der Waals surface area contributed by atoms with Crippen LogP contribution in [0.5, 0.6) is 0 Å². The number of amides is 1. The topological polar surface area (TPSA) is 95.1 Å². The predicted molar refractivity (Wildman–Crippen MR) is 54.8 cm³/mol. The summed E-state index contributed by atoms with van der Waals surface area (Å²) in [5.41, 5.74) is -0.407. The summed E-state index contributed by atoms with van der Waals surface area (Å²) < 4.78 is 0. The minimum Gasteiger partial charge on any atom is -0.481 e. The molecule has 1 aromatic heterocycles. The van der Waals surface area contributed by atoms with E-state index in [1.807, 2.05) is 0 Å². The van der Waals surface area contributed by atoms with Crippen LogP contribution >= 0.6 is 0 Å². The number of carbonyl (C=O) groups excluding carboxylic acids is 1. The maximum atomic E-state index is 11.5. The highest BCUT2D eigenvalue weighted by Crippen LogP contribution is 2.40. The van der Waals surface area contributed by atoms with Gasteiger partial charge < -0.3 is 10.4 Å². The molecule has 6 heteroatoms. The molecule has 6 nitrogen and oxygen atoms in total. The molecule has 1 amide bonds. The van der Waals surface area contributed by atoms with Crippen molar-refractivity contribution in [1.29, 1.82) is 0 Å². The van der Waals surface area contributed by atoms with E-state index >= 15 is 0 Å². The molecule has 1 aromatic rings. The van der Waals surface area contributed by atoms with Gasteiger partial charge in [0, 0.05) is 12.7 Å². The lowest BCUT2D eigenvalue weighted by Crippen LogP contribution is -2.47. The fourth-order valence-electron chi connectivity index (χ4n) is 1.80. The summed E-state index contributed by atoms with van der Waals surface area (Å²) in [6, 6.07) is 1.55. The zero-order chi connectivity index (χ0) is 11.6. The van der Waals surface area contributed by atoms with E-state index < -0.39 is 11.4 Å². The molecule has 1 aliphatic carbocycles. The van der Waals surface area contributed by atoms with Gasteiger partial charge in [0.2, 0.25) is 0 Å². The summed E-state index contributed by atoms with van der Waals surface area (Å²) in [6.45, 7) is 0.181. The number of carbonyl (C=O) groups is 2. The highest BCUT2D eigenvalue weighted by molar-refractivity contribution is 5.92. The highest BCUT2D eigenvalue weighted by atomic mass is 16.4. The second-order valence-electron chi connectivity index (χ2n) is 4.09. The van der Waals surface area contributed by atoms with Crippen molar-refractivity contribution in [2.75, 3.05) is 6.54 Å². The van der Waals surface area contributed by atoms with Crippen molar-refractivity contribution in [2.24, 2.45) is 5.41 Å². The fourth-order valence-corrected chi connectivity index (χ4v) is 1.80. The molecule has 1 fully saturated rings. The van der Waals surface area contributed by atoms with E-state index in [1.165, 1.54) is 6.20 Å². The summed E-state index contributed by atoms with van der Waals surface area (Å²) in [5.74, 6) is -1.14. The Hall–Kier alpha value is -1.85. The second-order valence-corrected chi connectivity index (χ2v) is 4.09. The minimum atomic E-state index is -0.830. The maximum Gasteiger partial charge on any atom is 0.311 e. The van der Waals surface area contributed by atoms with Crippen LogP contribution in [0.25, 0.3) is 0 Å². The van der Waals surface area contributed by atoms with Crippen molar-refractivity contribution in [3.8, 4) is 0 Å². The smallest absolute Gasteiger partial charge is 0.311 e. The highest BCUT2D eigenvalue weighted by Gasteiger charge is 2.44. The molecule has 2 rings (SSSR count). The molecule has 0 aromatic carbocycles. The van der Waals surface area contributed by atoms with Crippen LogP contribution in [0.1, 0.15) is 29.8 Å². The van der Waals surface area contributed by atoms with Gasteiger partial charge in [-0.1, -0.05) is 6.42 Å². The lowest BCUT2D eigenvalue weighted by atomic mass is 9.69. The number of aromatic nitrogens is 2. The van der Waals surface area contributed by atoms with E-state index in [9.17, 15) is 9.59 Å². The number of H-pyrrole nitrogens is 1. The van der Waals surface area contributed by atoms with Crippen molar-refractivity contribution in [3.63, 3.8) is 0 Å². The molecule has 0 saturated heterocycles. The number of nitrogens with zero attached hydrogens (tertiary/aromatic N) is 1. The third-order valence-corrected chi connectivity index (χ3v) is 3.10. The van der Waals surface area contributed by atoms with Gasteiger partial charge in [-0.3, -0.25) is 14.7 Å². The van der Waals surface area contributed by atoms with Gasteiger partial charge in [-0.25, -0.2) is 0 Å². The molecule has 1 saturated carbocycles. The number of rotatable bonds is 4. The van der Waals surface area contributed by atoms with Gasteiger partial charge in [0.05, 0.1) is 5.41 Å². The van der Waals surface area contributed by atoms with E-state index in [-0.39, 0.29) is 12.5 Å². The number of aromatic amines is 1. The van der Waals surface area contributed by atoms with Crippen LogP contribution in [0.3, 0.4) is 0 Å². The number of hydrogen-bond acceptors (Lipinski definition) is 3. The van der Waals surface area contributed by atoms with Crippen molar-refractivity contribution < 1.29 is 14.7 Å². The van der Waals surface area contributed by atoms with E-state index in [4.69, 9.17) is 5.11 Å². The Morgan fingerprint density at radius 2 is 2.31 bits per heavy atom. The molecule has 0 unspecified atom stereocenters. The summed E-state index contributed by atoms with van der Waals surface area (Å²) >= 11 is 0. The first kappa shape index (κ1) is 10.7. The van der Waals surface area contributed by atoms with Crippen LogP contribution in [-0.4, -0.2) is 33.7 Å². The van der Waals surface area contributed by atoms with Crippen LogP contribution in [0.2, 0.25) is 0 Å². The average Bonchev–Trinajstić information content (AvgIpc) is 2.67. The predicted octanol–water partition coefficient (Wildman–Crippen LogP) is 0.394. The first-order chi connectivity index (χ1) is 7.64. The number of hydrogen-bond donors (Lipinski definition) is 3. The molecular weight excluding hydrogens is 210 g/mol. The standard InChI is InChI=1S/C10H13N3O3/c14-8(7-2-5-12-13-7)11-6-10(9(15)16)3-1-4-10/h2,5H,1,3-4,6H2,(H,11,14)(H,12,13)(H,15,16). The Kier molecular flexibility index (Phi) is 2.64. The lowest BCUT2D eigenvalue weighted by Gasteiger charge is -2.37. The fraction of sp³-hybridized carbons (Fsp3) is 0.500. The van der Waals surface area contributed by atoms with Crippen molar-refractivity contribution in [1.82, 2.24) is 15.5 Å². The molecule has 16 heavy (non-hydrogen) atoms. The van der Waals surface area contributed by atoms with Gasteiger partial charge in [-0.2, -0.15) is 5.10 Å². The molecule has 86 valence electrons. The van der Waals surface area contributed by atoms with Crippen LogP contribution in [0.15, 0.2) is 12.3 Å². The summed E-state index contributed by atoms with van der Waals surface area (Å²) in [4.78, 5) is 22.6. The number of aliphatic carboxylic acids is 1. The van der Waals surface area contributed by atoms with E-state index in [0.29, 0.717) is 18.5 Å². The zero-order valence-corrected chi connectivity index (χ0v) is 8.69. The van der Waals surface area contributed by atoms with Crippen LogP contribution in [-0.2, 0) is 4.79 Å². The summed E-state index contributed by atoms with van der Waals surface area (Å²) in [7, 11) is 0. The Bertz CT molecular complexity index is 395. The molecule has 0 bridgehead atoms. The Morgan fingerprint density at radius 1 is 1.56 bits per heavy atom. The lowest BCUT2D eigenvalue weighted by molar-refractivity contribution is -0.153. The molecule has 0 atom stereocenters. The first-order valence-corrected chi connectivity index (χ1v) is 5.15. The van der Waals surface area contributed by atoms with Crippen molar-refractivity contribution >= 4 is 11.9 Å². The average molecular weight is 223 g/mol. The van der Waals surface area contributed by atoms with Crippen LogP contribution in [0.4, 0.5) is 0 Å². The van der Waals surface area contributed by atoms with Gasteiger partial charge in [0.25, 0.3) is 5.91 Å². The van der Waals surface area contributed by atoms with Crippen LogP contribution in [0, 0.1) is 5.41 Å². The minimum absolute atomic E-state index is 0.181. The van der Waals surface area contributed by atoms with Gasteiger partial charge >= 0.3 is 5.97 Å². The van der Waals surface area contributed by atoms with Crippen molar-refractivity contribution in [2.45, 2.75) is 19.3 Å². The number of carboxylic acid groups (broad SMARTS) is 1. The van der Waals surface area contributed by atoms with E-state index in [1.54, 1.807) is 6.07 Å². The van der Waals surface area contributed by atoms with Gasteiger partial charge in [-0.05, 0) is 18.9 Å². The SMILES string of the molecule is O=C(NCC1(C(=O)O)CCC1)c1ccn[nH]1. The molecule has 0 aliphatic heterocycles. The van der Waals surface area contributed by atoms with E-state index in [2.05, 4.69) is 15.5 Å². The molecule has 1 heterocycles. The molecule has 0 radical (unpaired) electrons. The van der Waals surface area contributed by atoms with Crippen molar-refractivity contribution in [3.05, 3.63) is 18.0 Å². The monoisotopic (exact) mass is 223 g/mol. The summed E-state index contributed by atoms with van der Waals surface area (Å²) in [5, 5.41) is 17.9. The third-order valence-electron chi connectivity index (χ3n) is 3.10. The maximum absolute atomic E-state index is 11.5. The molecule has 1 aliphatic rings. The van der Waals surface area contributed by atoms with E-state index in [0.717, 1.165) is 6.42 Å². The molecular formula is C10H13N3O3. The van der Waals surface area contributed by atoms with Gasteiger partial charge in [-0.15, -0.1) is 0 Å². The van der Waals surface area contributed by atoms with Crippen LogP contribution < -0.4 is 5.32 Å². The Balaban J connectivity index is 1.92. The molecule has 0 spiro atoms. The number of nitrogens with one attached hydrogen (secondary N) is 2. The summed E-state index contributed by atoms with van der Waals surface area (Å²) in [6.07, 6.45) is 3.65. The second kappa shape index (κ2) is 3.96. The quantitative estimate of drug-likeness (QED) is 0.688. The largest absolute Gasteiger partial charge is 0.481 e. The first-order valence-electron chi connectivity index (χ1n) is 5.15. The normalized spacial score (nSPS) is 17.5. The Morgan fingerprint density at radius 3 is 2.75 bits per heavy atom. The Labute approximate surface area is 92.0 Å².